The first-order chi connectivity index (χ1) is 16.5. The number of rotatable bonds is 8. The Labute approximate surface area is 199 Å². The molecule has 0 bridgehead atoms. The molecule has 34 heavy (non-hydrogen) atoms. The van der Waals surface area contributed by atoms with Crippen molar-refractivity contribution in [3.8, 4) is 11.1 Å². The van der Waals surface area contributed by atoms with Crippen molar-refractivity contribution in [3.63, 3.8) is 0 Å². The van der Waals surface area contributed by atoms with Gasteiger partial charge in [0.2, 0.25) is 11.8 Å². The van der Waals surface area contributed by atoms with Crippen molar-refractivity contribution in [3.05, 3.63) is 90.0 Å². The monoisotopic (exact) mass is 456 g/mol. The summed E-state index contributed by atoms with van der Waals surface area (Å²) in [5.41, 5.74) is 4.16. The smallest absolute Gasteiger partial charge is 0.338 e. The maximum Gasteiger partial charge on any atom is 0.338 e. The number of carbonyl (C=O) groups is 3. The second-order valence-electron chi connectivity index (χ2n) is 8.23. The average molecular weight is 457 g/mol. The molecule has 3 aromatic carbocycles. The zero-order chi connectivity index (χ0) is 23.9. The van der Waals surface area contributed by atoms with Crippen molar-refractivity contribution < 1.29 is 19.1 Å². The quantitative estimate of drug-likeness (QED) is 0.462. The molecule has 1 fully saturated rings. The molecule has 6 nitrogen and oxygen atoms in total. The summed E-state index contributed by atoms with van der Waals surface area (Å²) in [6.45, 7) is 2.88. The number of anilines is 1. The number of likely N-dealkylation sites (tertiary alicyclic amines) is 1. The summed E-state index contributed by atoms with van der Waals surface area (Å²) >= 11 is 0. The van der Waals surface area contributed by atoms with Crippen LogP contribution in [0.1, 0.15) is 35.7 Å². The van der Waals surface area contributed by atoms with E-state index in [9.17, 15) is 14.4 Å². The van der Waals surface area contributed by atoms with E-state index in [1.807, 2.05) is 42.5 Å². The molecule has 4 rings (SSSR count). The lowest BCUT2D eigenvalue weighted by Gasteiger charge is -2.28. The molecule has 0 unspecified atom stereocenters. The van der Waals surface area contributed by atoms with Crippen molar-refractivity contribution in [1.82, 2.24) is 4.90 Å². The Morgan fingerprint density at radius 3 is 2.21 bits per heavy atom. The molecule has 2 amide bonds. The van der Waals surface area contributed by atoms with E-state index in [0.29, 0.717) is 30.8 Å². The van der Waals surface area contributed by atoms with Gasteiger partial charge in [-0.25, -0.2) is 4.79 Å². The van der Waals surface area contributed by atoms with Gasteiger partial charge in [-0.15, -0.1) is 0 Å². The molecule has 1 heterocycles. The molecule has 0 N–H and O–H groups in total. The Hall–Kier alpha value is -3.93. The van der Waals surface area contributed by atoms with Crippen LogP contribution in [0, 0.1) is 0 Å². The molecule has 1 saturated heterocycles. The van der Waals surface area contributed by atoms with Gasteiger partial charge in [-0.05, 0) is 54.3 Å². The van der Waals surface area contributed by atoms with E-state index < -0.39 is 5.97 Å². The van der Waals surface area contributed by atoms with Gasteiger partial charge in [-0.3, -0.25) is 14.5 Å². The number of hydrogen-bond acceptors (Lipinski definition) is 4. The van der Waals surface area contributed by atoms with Crippen LogP contribution in [0.5, 0.6) is 0 Å². The van der Waals surface area contributed by atoms with Gasteiger partial charge in [-0.1, -0.05) is 54.6 Å². The predicted molar refractivity (Wildman–Crippen MR) is 131 cm³/mol. The molecule has 0 radical (unpaired) electrons. The van der Waals surface area contributed by atoms with Gasteiger partial charge in [0.15, 0.2) is 0 Å². The molecule has 1 aliphatic heterocycles. The molecule has 0 aliphatic carbocycles. The van der Waals surface area contributed by atoms with Crippen LogP contribution in [0.2, 0.25) is 0 Å². The zero-order valence-electron chi connectivity index (χ0n) is 19.3. The van der Waals surface area contributed by atoms with Crippen LogP contribution in [0.4, 0.5) is 5.69 Å². The van der Waals surface area contributed by atoms with Gasteiger partial charge in [-0.2, -0.15) is 0 Å². The van der Waals surface area contributed by atoms with Crippen LogP contribution in [-0.4, -0.2) is 42.5 Å². The van der Waals surface area contributed by atoms with Gasteiger partial charge in [0.25, 0.3) is 0 Å². The van der Waals surface area contributed by atoms with Gasteiger partial charge in [0.1, 0.15) is 6.67 Å². The minimum atomic E-state index is -0.403. The highest BCUT2D eigenvalue weighted by Crippen LogP contribution is 2.22. The van der Waals surface area contributed by atoms with Crippen molar-refractivity contribution in [2.24, 2.45) is 0 Å². The van der Waals surface area contributed by atoms with Crippen LogP contribution in [0.25, 0.3) is 11.1 Å². The first-order valence-corrected chi connectivity index (χ1v) is 11.5. The summed E-state index contributed by atoms with van der Waals surface area (Å²) in [5.74, 6) is -0.468. The second-order valence-corrected chi connectivity index (χ2v) is 8.23. The lowest BCUT2D eigenvalue weighted by molar-refractivity contribution is -0.128. The SMILES string of the molecule is CCOC(=O)c1ccc(N(CN2CCCC2=O)C(=O)Cc2ccc(-c3ccccc3)cc2)cc1. The summed E-state index contributed by atoms with van der Waals surface area (Å²) in [5, 5.41) is 0. The zero-order valence-corrected chi connectivity index (χ0v) is 19.3. The Balaban J connectivity index is 1.53. The summed E-state index contributed by atoms with van der Waals surface area (Å²) < 4.78 is 5.05. The van der Waals surface area contributed by atoms with Crippen LogP contribution in [0.15, 0.2) is 78.9 Å². The molecule has 0 saturated carbocycles. The average Bonchev–Trinajstić information content (AvgIpc) is 3.28. The van der Waals surface area contributed by atoms with Crippen LogP contribution < -0.4 is 4.90 Å². The van der Waals surface area contributed by atoms with Gasteiger partial charge < -0.3 is 9.64 Å². The van der Waals surface area contributed by atoms with Gasteiger partial charge in [0, 0.05) is 18.7 Å². The van der Waals surface area contributed by atoms with Crippen LogP contribution in [0.3, 0.4) is 0 Å². The highest BCUT2D eigenvalue weighted by atomic mass is 16.5. The van der Waals surface area contributed by atoms with E-state index in [1.165, 1.54) is 0 Å². The fourth-order valence-corrected chi connectivity index (χ4v) is 4.04. The Morgan fingerprint density at radius 1 is 0.912 bits per heavy atom. The number of esters is 1. The maximum atomic E-state index is 13.4. The van der Waals surface area contributed by atoms with E-state index in [0.717, 1.165) is 23.1 Å². The van der Waals surface area contributed by atoms with E-state index >= 15 is 0 Å². The molecule has 3 aromatic rings. The number of amides is 2. The fraction of sp³-hybridized carbons (Fsp3) is 0.250. The number of hydrogen-bond donors (Lipinski definition) is 0. The van der Waals surface area contributed by atoms with Crippen molar-refractivity contribution in [1.29, 1.82) is 0 Å². The Bertz CT molecular complexity index is 1140. The molecule has 6 heteroatoms. The Morgan fingerprint density at radius 2 is 1.59 bits per heavy atom. The van der Waals surface area contributed by atoms with Crippen molar-refractivity contribution in [2.75, 3.05) is 24.7 Å². The van der Waals surface area contributed by atoms with Crippen molar-refractivity contribution >= 4 is 23.5 Å². The third kappa shape index (κ3) is 5.52. The van der Waals surface area contributed by atoms with E-state index in [4.69, 9.17) is 4.74 Å². The van der Waals surface area contributed by atoms with E-state index in [1.54, 1.807) is 41.0 Å². The standard InChI is InChI=1S/C28H28N2O4/c1-2-34-28(33)24-14-16-25(17-15-24)30(20-29-18-6-9-26(29)31)27(32)19-21-10-12-23(13-11-21)22-7-4-3-5-8-22/h3-5,7-8,10-17H,2,6,9,18-20H2,1H3. The summed E-state index contributed by atoms with van der Waals surface area (Å²) in [6.07, 6.45) is 1.51. The number of nitrogens with zero attached hydrogens (tertiary/aromatic N) is 2. The summed E-state index contributed by atoms with van der Waals surface area (Å²) in [4.78, 5) is 40.9. The number of carbonyl (C=O) groups excluding carboxylic acids is 3. The lowest BCUT2D eigenvalue weighted by Crippen LogP contribution is -2.43. The Kier molecular flexibility index (Phi) is 7.38. The lowest BCUT2D eigenvalue weighted by atomic mass is 10.0. The molecular weight excluding hydrogens is 428 g/mol. The minimum Gasteiger partial charge on any atom is -0.462 e. The topological polar surface area (TPSA) is 66.9 Å². The highest BCUT2D eigenvalue weighted by molar-refractivity contribution is 5.96. The van der Waals surface area contributed by atoms with Crippen LogP contribution >= 0.6 is 0 Å². The molecule has 0 aromatic heterocycles. The molecule has 0 atom stereocenters. The second kappa shape index (κ2) is 10.8. The molecule has 174 valence electrons. The predicted octanol–water partition coefficient (Wildman–Crippen LogP) is 4.69. The minimum absolute atomic E-state index is 0.0492. The first kappa shape index (κ1) is 23.2. The van der Waals surface area contributed by atoms with Gasteiger partial charge >= 0.3 is 5.97 Å². The normalized spacial score (nSPS) is 13.1. The number of benzene rings is 3. The summed E-state index contributed by atoms with van der Waals surface area (Å²) in [6, 6.07) is 24.8. The highest BCUT2D eigenvalue weighted by Gasteiger charge is 2.26. The largest absolute Gasteiger partial charge is 0.462 e. The number of ether oxygens (including phenoxy) is 1. The van der Waals surface area contributed by atoms with E-state index in [2.05, 4.69) is 12.1 Å². The van der Waals surface area contributed by atoms with Crippen LogP contribution in [-0.2, 0) is 20.7 Å². The molecular formula is C28H28N2O4. The van der Waals surface area contributed by atoms with Crippen molar-refractivity contribution in [2.45, 2.75) is 26.2 Å². The van der Waals surface area contributed by atoms with Gasteiger partial charge in [0.05, 0.1) is 18.6 Å². The fourth-order valence-electron chi connectivity index (χ4n) is 4.04. The third-order valence-corrected chi connectivity index (χ3v) is 5.89. The molecule has 0 spiro atoms. The first-order valence-electron chi connectivity index (χ1n) is 11.5. The van der Waals surface area contributed by atoms with E-state index in [-0.39, 0.29) is 24.9 Å². The maximum absolute atomic E-state index is 13.4. The third-order valence-electron chi connectivity index (χ3n) is 5.89. The molecule has 1 aliphatic rings. The summed E-state index contributed by atoms with van der Waals surface area (Å²) in [7, 11) is 0.